The molecule has 0 aromatic heterocycles. The second-order valence-corrected chi connectivity index (χ2v) is 6.87. The quantitative estimate of drug-likeness (QED) is 0.759. The molecular formula is C17H20O4S. The maximum atomic E-state index is 12.4. The standard InChI is InChI=1S/C17H20O4S/c18-13-5-2-6-14-21-15-9-11-17(12-10-15)22(19,20)16-7-3-1-4-8-16/h1,3-4,7-12,18H,2,5-6,13-14H2. The minimum Gasteiger partial charge on any atom is -0.494 e. The Morgan fingerprint density at radius 2 is 1.45 bits per heavy atom. The Labute approximate surface area is 131 Å². The minimum atomic E-state index is -3.47. The average molecular weight is 320 g/mol. The van der Waals surface area contributed by atoms with Gasteiger partial charge in [0.2, 0.25) is 9.84 Å². The fourth-order valence-electron chi connectivity index (χ4n) is 2.03. The first-order chi connectivity index (χ1) is 10.6. The molecule has 22 heavy (non-hydrogen) atoms. The molecule has 0 fully saturated rings. The van der Waals surface area contributed by atoms with Crippen molar-refractivity contribution in [1.29, 1.82) is 0 Å². The highest BCUT2D eigenvalue weighted by Crippen LogP contribution is 2.22. The van der Waals surface area contributed by atoms with Crippen molar-refractivity contribution in [3.63, 3.8) is 0 Å². The van der Waals surface area contributed by atoms with E-state index >= 15 is 0 Å². The van der Waals surface area contributed by atoms with Crippen LogP contribution in [0.1, 0.15) is 19.3 Å². The first-order valence-corrected chi connectivity index (χ1v) is 8.77. The molecule has 0 aliphatic carbocycles. The van der Waals surface area contributed by atoms with Crippen molar-refractivity contribution in [3.05, 3.63) is 54.6 Å². The van der Waals surface area contributed by atoms with E-state index < -0.39 is 9.84 Å². The maximum absolute atomic E-state index is 12.4. The molecular weight excluding hydrogens is 300 g/mol. The van der Waals surface area contributed by atoms with Crippen LogP contribution in [0.3, 0.4) is 0 Å². The van der Waals surface area contributed by atoms with E-state index in [1.165, 1.54) is 0 Å². The molecule has 1 N–H and O–H groups in total. The van der Waals surface area contributed by atoms with Crippen molar-refractivity contribution >= 4 is 9.84 Å². The molecule has 0 heterocycles. The van der Waals surface area contributed by atoms with Crippen LogP contribution in [0.2, 0.25) is 0 Å². The third kappa shape index (κ3) is 4.32. The van der Waals surface area contributed by atoms with Gasteiger partial charge in [0.1, 0.15) is 5.75 Å². The number of aliphatic hydroxyl groups is 1. The van der Waals surface area contributed by atoms with Gasteiger partial charge in [-0.15, -0.1) is 0 Å². The third-order valence-electron chi connectivity index (χ3n) is 3.26. The molecule has 0 spiro atoms. The van der Waals surface area contributed by atoms with Gasteiger partial charge < -0.3 is 9.84 Å². The predicted octanol–water partition coefficient (Wildman–Crippen LogP) is 3.06. The van der Waals surface area contributed by atoms with E-state index in [4.69, 9.17) is 9.84 Å². The highest BCUT2D eigenvalue weighted by atomic mass is 32.2. The Balaban J connectivity index is 2.00. The molecule has 0 amide bonds. The first-order valence-electron chi connectivity index (χ1n) is 7.28. The summed E-state index contributed by atoms with van der Waals surface area (Å²) in [6.45, 7) is 0.761. The Hall–Kier alpha value is -1.85. The topological polar surface area (TPSA) is 63.6 Å². The molecule has 0 saturated heterocycles. The zero-order valence-corrected chi connectivity index (χ0v) is 13.1. The van der Waals surface area contributed by atoms with Crippen LogP contribution in [0.25, 0.3) is 0 Å². The van der Waals surface area contributed by atoms with Crippen molar-refractivity contribution < 1.29 is 18.3 Å². The molecule has 0 bridgehead atoms. The molecule has 118 valence electrons. The van der Waals surface area contributed by atoms with Gasteiger partial charge in [-0.05, 0) is 55.7 Å². The third-order valence-corrected chi connectivity index (χ3v) is 5.04. The van der Waals surface area contributed by atoms with E-state index in [2.05, 4.69) is 0 Å². The lowest BCUT2D eigenvalue weighted by atomic mass is 10.2. The zero-order chi connectivity index (χ0) is 15.8. The lowest BCUT2D eigenvalue weighted by Gasteiger charge is -2.08. The van der Waals surface area contributed by atoms with Crippen LogP contribution in [-0.2, 0) is 9.84 Å². The molecule has 2 aromatic carbocycles. The Kier molecular flexibility index (Phi) is 5.98. The lowest BCUT2D eigenvalue weighted by molar-refractivity contribution is 0.266. The van der Waals surface area contributed by atoms with Gasteiger partial charge in [0, 0.05) is 6.61 Å². The fraction of sp³-hybridized carbons (Fsp3) is 0.294. The molecule has 0 unspecified atom stereocenters. The fourth-order valence-corrected chi connectivity index (χ4v) is 3.31. The zero-order valence-electron chi connectivity index (χ0n) is 12.3. The van der Waals surface area contributed by atoms with Crippen molar-refractivity contribution in [1.82, 2.24) is 0 Å². The van der Waals surface area contributed by atoms with E-state index in [9.17, 15) is 8.42 Å². The highest BCUT2D eigenvalue weighted by Gasteiger charge is 2.16. The summed E-state index contributed by atoms with van der Waals surface area (Å²) in [5.74, 6) is 0.649. The Morgan fingerprint density at radius 3 is 2.09 bits per heavy atom. The molecule has 2 rings (SSSR count). The molecule has 2 aromatic rings. The molecule has 0 aliphatic heterocycles. The van der Waals surface area contributed by atoms with Gasteiger partial charge in [0.05, 0.1) is 16.4 Å². The highest BCUT2D eigenvalue weighted by molar-refractivity contribution is 7.91. The summed E-state index contributed by atoms with van der Waals surface area (Å²) < 4.78 is 30.4. The minimum absolute atomic E-state index is 0.200. The molecule has 4 nitrogen and oxygen atoms in total. The van der Waals surface area contributed by atoms with Crippen molar-refractivity contribution in [3.8, 4) is 5.75 Å². The largest absolute Gasteiger partial charge is 0.494 e. The van der Waals surface area contributed by atoms with E-state index in [1.54, 1.807) is 54.6 Å². The summed E-state index contributed by atoms with van der Waals surface area (Å²) in [5.41, 5.74) is 0. The van der Waals surface area contributed by atoms with Gasteiger partial charge in [-0.3, -0.25) is 0 Å². The van der Waals surface area contributed by atoms with Crippen LogP contribution in [0.15, 0.2) is 64.4 Å². The second kappa shape index (κ2) is 7.96. The smallest absolute Gasteiger partial charge is 0.206 e. The van der Waals surface area contributed by atoms with Crippen LogP contribution in [0.5, 0.6) is 5.75 Å². The predicted molar refractivity (Wildman–Crippen MR) is 84.8 cm³/mol. The number of ether oxygens (including phenoxy) is 1. The van der Waals surface area contributed by atoms with Crippen LogP contribution < -0.4 is 4.74 Å². The monoisotopic (exact) mass is 320 g/mol. The van der Waals surface area contributed by atoms with E-state index in [1.807, 2.05) is 0 Å². The molecule has 5 heteroatoms. The van der Waals surface area contributed by atoms with Crippen molar-refractivity contribution in [2.24, 2.45) is 0 Å². The lowest BCUT2D eigenvalue weighted by Crippen LogP contribution is -2.02. The number of unbranched alkanes of at least 4 members (excludes halogenated alkanes) is 2. The van der Waals surface area contributed by atoms with E-state index in [0.29, 0.717) is 12.4 Å². The molecule has 0 radical (unpaired) electrons. The molecule has 0 aliphatic rings. The number of benzene rings is 2. The molecule has 0 saturated carbocycles. The first kappa shape index (κ1) is 16.5. The van der Waals surface area contributed by atoms with Crippen molar-refractivity contribution in [2.45, 2.75) is 29.1 Å². The van der Waals surface area contributed by atoms with Crippen LogP contribution in [-0.4, -0.2) is 26.7 Å². The Bertz CT molecular complexity index is 664. The number of aliphatic hydroxyl groups excluding tert-OH is 1. The summed E-state index contributed by atoms with van der Waals surface area (Å²) in [7, 11) is -3.47. The summed E-state index contributed by atoms with van der Waals surface area (Å²) in [6, 6.07) is 14.8. The average Bonchev–Trinajstić information content (AvgIpc) is 2.56. The Morgan fingerprint density at radius 1 is 0.818 bits per heavy atom. The maximum Gasteiger partial charge on any atom is 0.206 e. The van der Waals surface area contributed by atoms with Gasteiger partial charge in [-0.1, -0.05) is 18.2 Å². The number of rotatable bonds is 8. The summed E-state index contributed by atoms with van der Waals surface area (Å²) >= 11 is 0. The molecule has 0 atom stereocenters. The van der Waals surface area contributed by atoms with Gasteiger partial charge in [0.25, 0.3) is 0 Å². The van der Waals surface area contributed by atoms with Crippen molar-refractivity contribution in [2.75, 3.05) is 13.2 Å². The summed E-state index contributed by atoms with van der Waals surface area (Å²) in [4.78, 5) is 0.541. The number of hydrogen-bond acceptors (Lipinski definition) is 4. The van der Waals surface area contributed by atoms with Crippen LogP contribution in [0, 0.1) is 0 Å². The number of hydrogen-bond donors (Lipinski definition) is 1. The summed E-state index contributed by atoms with van der Waals surface area (Å²) in [5, 5.41) is 8.69. The van der Waals surface area contributed by atoms with Crippen LogP contribution in [0.4, 0.5) is 0 Å². The van der Waals surface area contributed by atoms with Crippen LogP contribution >= 0.6 is 0 Å². The van der Waals surface area contributed by atoms with Gasteiger partial charge in [0.15, 0.2) is 0 Å². The van der Waals surface area contributed by atoms with Gasteiger partial charge in [-0.2, -0.15) is 0 Å². The van der Waals surface area contributed by atoms with Gasteiger partial charge in [-0.25, -0.2) is 8.42 Å². The SMILES string of the molecule is O=S(=O)(c1ccccc1)c1ccc(OCCCCCO)cc1. The van der Waals surface area contributed by atoms with E-state index in [-0.39, 0.29) is 16.4 Å². The normalized spacial score (nSPS) is 11.3. The second-order valence-electron chi connectivity index (χ2n) is 4.92. The number of sulfone groups is 1. The summed E-state index contributed by atoms with van der Waals surface area (Å²) in [6.07, 6.45) is 2.55. The van der Waals surface area contributed by atoms with Gasteiger partial charge >= 0.3 is 0 Å². The van der Waals surface area contributed by atoms with E-state index in [0.717, 1.165) is 19.3 Å².